The first-order chi connectivity index (χ1) is 12.6. The number of ether oxygens (including phenoxy) is 1. The number of nitrogen functional groups attached to an aromatic ring is 2. The molecule has 0 bridgehead atoms. The minimum absolute atomic E-state index is 0.304. The Kier molecular flexibility index (Phi) is 6.52. The van der Waals surface area contributed by atoms with Crippen LogP contribution in [-0.4, -0.2) is 9.97 Å². The van der Waals surface area contributed by atoms with Gasteiger partial charge in [-0.05, 0) is 24.3 Å². The molecular formula is C19H23ClN4OS. The fraction of sp³-hybridized carbons (Fsp3) is 0.368. The average Bonchev–Trinajstić information content (AvgIpc) is 3.04. The van der Waals surface area contributed by atoms with Crippen molar-refractivity contribution in [1.82, 2.24) is 9.97 Å². The molecule has 4 rings (SSSR count). The number of aromatic nitrogens is 2. The molecule has 4 N–H and O–H groups in total. The summed E-state index contributed by atoms with van der Waals surface area (Å²) in [4.78, 5) is 8.10. The molecular weight excluding hydrogens is 368 g/mol. The van der Waals surface area contributed by atoms with Crippen molar-refractivity contribution in [3.05, 3.63) is 41.0 Å². The van der Waals surface area contributed by atoms with Crippen molar-refractivity contribution in [3.8, 4) is 5.75 Å². The maximum Gasteiger partial charge on any atom is 0.181 e. The Labute approximate surface area is 162 Å². The molecule has 2 aromatic heterocycles. The van der Waals surface area contributed by atoms with E-state index >= 15 is 0 Å². The summed E-state index contributed by atoms with van der Waals surface area (Å²) in [7, 11) is 0. The van der Waals surface area contributed by atoms with Gasteiger partial charge in [-0.15, -0.1) is 0 Å². The standard InChI is InChI=1S/C13H11ClN4OS.C6H12/c14-11-7(3-4-17-12(11)15)6-19-8-1-2-9-10(5-8)20-13(16)18-9;1-2-4-6-5-3-1/h1-5H,6H2,(H2,15,17)(H2,16,18);1-6H2. The van der Waals surface area contributed by atoms with Gasteiger partial charge in [-0.25, -0.2) is 9.97 Å². The number of pyridine rings is 1. The molecule has 2 heterocycles. The van der Waals surface area contributed by atoms with Crippen LogP contribution in [0.15, 0.2) is 30.5 Å². The number of anilines is 2. The van der Waals surface area contributed by atoms with Crippen molar-refractivity contribution in [2.45, 2.75) is 45.1 Å². The second-order valence-electron chi connectivity index (χ2n) is 6.26. The molecule has 5 nitrogen and oxygen atoms in total. The fourth-order valence-corrected chi connectivity index (χ4v) is 3.78. The van der Waals surface area contributed by atoms with Crippen LogP contribution in [0.1, 0.15) is 44.1 Å². The van der Waals surface area contributed by atoms with Gasteiger partial charge >= 0.3 is 0 Å². The Morgan fingerprint density at radius 3 is 2.42 bits per heavy atom. The van der Waals surface area contributed by atoms with Gasteiger partial charge in [0.15, 0.2) is 5.13 Å². The van der Waals surface area contributed by atoms with Crippen LogP contribution < -0.4 is 16.2 Å². The Bertz CT molecular complexity index is 852. The number of nitrogens with zero attached hydrogens (tertiary/aromatic N) is 2. The Morgan fingerprint density at radius 2 is 1.73 bits per heavy atom. The van der Waals surface area contributed by atoms with Crippen LogP contribution >= 0.6 is 22.9 Å². The smallest absolute Gasteiger partial charge is 0.181 e. The summed E-state index contributed by atoms with van der Waals surface area (Å²) in [5.74, 6) is 1.03. The number of thiazole rings is 1. The highest BCUT2D eigenvalue weighted by atomic mass is 35.5. The molecule has 26 heavy (non-hydrogen) atoms. The number of nitrogens with two attached hydrogens (primary N) is 2. The molecule has 0 unspecified atom stereocenters. The Balaban J connectivity index is 0.000000278. The number of fused-ring (bicyclic) bond motifs is 1. The van der Waals surface area contributed by atoms with Crippen LogP contribution in [0.2, 0.25) is 5.02 Å². The van der Waals surface area contributed by atoms with Gasteiger partial charge in [-0.2, -0.15) is 0 Å². The van der Waals surface area contributed by atoms with Crippen molar-refractivity contribution in [1.29, 1.82) is 0 Å². The zero-order chi connectivity index (χ0) is 18.4. The molecule has 1 fully saturated rings. The summed E-state index contributed by atoms with van der Waals surface area (Å²) in [6, 6.07) is 7.41. The van der Waals surface area contributed by atoms with E-state index in [9.17, 15) is 0 Å². The predicted octanol–water partition coefficient (Wildman–Crippen LogP) is 5.43. The van der Waals surface area contributed by atoms with E-state index in [2.05, 4.69) is 9.97 Å². The fourth-order valence-electron chi connectivity index (χ4n) is 2.85. The van der Waals surface area contributed by atoms with Gasteiger partial charge in [-0.3, -0.25) is 0 Å². The zero-order valence-electron chi connectivity index (χ0n) is 14.6. The normalized spacial score (nSPS) is 13.9. The van der Waals surface area contributed by atoms with Crippen LogP contribution in [0.4, 0.5) is 10.9 Å². The number of benzene rings is 1. The third kappa shape index (κ3) is 4.99. The van der Waals surface area contributed by atoms with Gasteiger partial charge in [0.1, 0.15) is 18.2 Å². The summed E-state index contributed by atoms with van der Waals surface area (Å²) in [6.45, 7) is 0.325. The number of hydrogen-bond acceptors (Lipinski definition) is 6. The van der Waals surface area contributed by atoms with E-state index in [1.807, 2.05) is 18.2 Å². The van der Waals surface area contributed by atoms with Crippen molar-refractivity contribution in [2.75, 3.05) is 11.5 Å². The van der Waals surface area contributed by atoms with Crippen LogP contribution in [0.5, 0.6) is 5.75 Å². The monoisotopic (exact) mass is 390 g/mol. The van der Waals surface area contributed by atoms with Crippen molar-refractivity contribution in [3.63, 3.8) is 0 Å². The van der Waals surface area contributed by atoms with Gasteiger partial charge in [0, 0.05) is 11.8 Å². The maximum atomic E-state index is 6.07. The van der Waals surface area contributed by atoms with Crippen LogP contribution in [-0.2, 0) is 6.61 Å². The lowest BCUT2D eigenvalue weighted by Crippen LogP contribution is -2.00. The predicted molar refractivity (Wildman–Crippen MR) is 110 cm³/mol. The van der Waals surface area contributed by atoms with E-state index in [1.54, 1.807) is 12.3 Å². The minimum atomic E-state index is 0.304. The zero-order valence-corrected chi connectivity index (χ0v) is 16.2. The SMILES string of the molecule is C1CCCCC1.Nc1nc2ccc(OCc3ccnc(N)c3Cl)cc2s1. The van der Waals surface area contributed by atoms with Gasteiger partial charge in [-0.1, -0.05) is 61.5 Å². The third-order valence-electron chi connectivity index (χ3n) is 4.27. The third-order valence-corrected chi connectivity index (χ3v) is 5.55. The van der Waals surface area contributed by atoms with Crippen LogP contribution in [0.3, 0.4) is 0 Å². The number of hydrogen-bond donors (Lipinski definition) is 2. The molecule has 7 heteroatoms. The maximum absolute atomic E-state index is 6.07. The molecule has 1 aromatic carbocycles. The highest BCUT2D eigenvalue weighted by Crippen LogP contribution is 2.28. The Hall–Kier alpha value is -2.05. The molecule has 1 aliphatic carbocycles. The van der Waals surface area contributed by atoms with E-state index < -0.39 is 0 Å². The molecule has 1 saturated carbocycles. The van der Waals surface area contributed by atoms with Gasteiger partial charge in [0.05, 0.1) is 15.2 Å². The number of halogens is 1. The lowest BCUT2D eigenvalue weighted by atomic mass is 10.0. The van der Waals surface area contributed by atoms with Crippen LogP contribution in [0, 0.1) is 0 Å². The summed E-state index contributed by atoms with van der Waals surface area (Å²) in [5, 5.41) is 0.970. The molecule has 0 atom stereocenters. The van der Waals surface area contributed by atoms with E-state index in [0.717, 1.165) is 21.5 Å². The molecule has 0 aliphatic heterocycles. The summed E-state index contributed by atoms with van der Waals surface area (Å²) in [6.07, 6.45) is 10.6. The second-order valence-corrected chi connectivity index (χ2v) is 7.70. The first kappa shape index (κ1) is 18.7. The quantitative estimate of drug-likeness (QED) is 0.622. The molecule has 138 valence electrons. The Morgan fingerprint density at radius 1 is 1.04 bits per heavy atom. The molecule has 0 spiro atoms. The molecule has 0 saturated heterocycles. The molecule has 0 amide bonds. The average molecular weight is 391 g/mol. The van der Waals surface area contributed by atoms with Crippen molar-refractivity contribution in [2.24, 2.45) is 0 Å². The number of rotatable bonds is 3. The largest absolute Gasteiger partial charge is 0.489 e. The van der Waals surface area contributed by atoms with E-state index in [1.165, 1.54) is 49.9 Å². The van der Waals surface area contributed by atoms with E-state index in [0.29, 0.717) is 22.6 Å². The van der Waals surface area contributed by atoms with Crippen LogP contribution in [0.25, 0.3) is 10.2 Å². The lowest BCUT2D eigenvalue weighted by Gasteiger charge is -2.08. The second kappa shape index (κ2) is 9.05. The van der Waals surface area contributed by atoms with Gasteiger partial charge in [0.2, 0.25) is 0 Å². The van der Waals surface area contributed by atoms with Crippen molar-refractivity contribution >= 4 is 44.1 Å². The first-order valence-corrected chi connectivity index (χ1v) is 10.0. The molecule has 1 aliphatic rings. The minimum Gasteiger partial charge on any atom is -0.489 e. The molecule has 0 radical (unpaired) electrons. The highest BCUT2D eigenvalue weighted by Gasteiger charge is 2.07. The van der Waals surface area contributed by atoms with E-state index in [4.69, 9.17) is 27.8 Å². The van der Waals surface area contributed by atoms with Gasteiger partial charge in [0.25, 0.3) is 0 Å². The summed E-state index contributed by atoms with van der Waals surface area (Å²) < 4.78 is 6.70. The first-order valence-electron chi connectivity index (χ1n) is 8.81. The lowest BCUT2D eigenvalue weighted by molar-refractivity contribution is 0.306. The summed E-state index contributed by atoms with van der Waals surface area (Å²) in [5.41, 5.74) is 13.0. The summed E-state index contributed by atoms with van der Waals surface area (Å²) >= 11 is 7.49. The topological polar surface area (TPSA) is 87.0 Å². The van der Waals surface area contributed by atoms with Gasteiger partial charge < -0.3 is 16.2 Å². The van der Waals surface area contributed by atoms with Crippen molar-refractivity contribution < 1.29 is 4.74 Å². The molecule has 3 aromatic rings. The van der Waals surface area contributed by atoms with E-state index in [-0.39, 0.29) is 0 Å². The highest BCUT2D eigenvalue weighted by molar-refractivity contribution is 7.22.